The minimum Gasteiger partial charge on any atom is -0.443 e. The predicted molar refractivity (Wildman–Crippen MR) is 98.9 cm³/mol. The molecule has 0 saturated heterocycles. The van der Waals surface area contributed by atoms with Gasteiger partial charge in [-0.2, -0.15) is 0 Å². The van der Waals surface area contributed by atoms with E-state index in [0.29, 0.717) is 30.8 Å². The number of carbonyl (C=O) groups excluding carboxylic acids is 2. The van der Waals surface area contributed by atoms with Crippen molar-refractivity contribution in [3.8, 4) is 5.75 Å². The van der Waals surface area contributed by atoms with Gasteiger partial charge in [-0.05, 0) is 51.7 Å². The van der Waals surface area contributed by atoms with Crippen LogP contribution in [0.25, 0.3) is 0 Å². The van der Waals surface area contributed by atoms with Crippen molar-refractivity contribution in [1.82, 2.24) is 4.90 Å². The lowest BCUT2D eigenvalue weighted by Gasteiger charge is -2.31. The molecule has 0 bridgehead atoms. The summed E-state index contributed by atoms with van der Waals surface area (Å²) in [5.74, 6) is 0.261. The fourth-order valence-corrected chi connectivity index (χ4v) is 2.65. The van der Waals surface area contributed by atoms with Crippen molar-refractivity contribution in [2.45, 2.75) is 53.2 Å². The normalized spacial score (nSPS) is 12.4. The van der Waals surface area contributed by atoms with Gasteiger partial charge in [0.05, 0.1) is 6.61 Å². The van der Waals surface area contributed by atoms with E-state index in [2.05, 4.69) is 0 Å². The Morgan fingerprint density at radius 2 is 1.88 bits per heavy atom. The number of hydrogen-bond acceptors (Lipinski definition) is 5. The molecule has 146 valence electrons. The van der Waals surface area contributed by atoms with Crippen molar-refractivity contribution in [3.63, 3.8) is 0 Å². The third-order valence-electron chi connectivity index (χ3n) is 4.68. The van der Waals surface area contributed by atoms with Crippen molar-refractivity contribution >= 4 is 12.2 Å². The molecule has 0 fully saturated rings. The molecule has 3 N–H and O–H groups in total. The molecule has 1 unspecified atom stereocenters. The monoisotopic (exact) mass is 366 g/mol. The molecule has 2 amide bonds. The summed E-state index contributed by atoms with van der Waals surface area (Å²) >= 11 is 0. The first-order valence-corrected chi connectivity index (χ1v) is 8.83. The van der Waals surface area contributed by atoms with Crippen molar-refractivity contribution in [2.75, 3.05) is 13.1 Å². The Hall–Kier alpha value is -2.28. The van der Waals surface area contributed by atoms with E-state index in [0.717, 1.165) is 5.56 Å². The number of carbonyl (C=O) groups is 2. The third kappa shape index (κ3) is 5.62. The Morgan fingerprint density at radius 3 is 2.38 bits per heavy atom. The lowest BCUT2D eigenvalue weighted by molar-refractivity contribution is 0.00461. The minimum atomic E-state index is -0.828. The van der Waals surface area contributed by atoms with Gasteiger partial charge in [-0.1, -0.05) is 19.1 Å². The van der Waals surface area contributed by atoms with Crippen LogP contribution in [0.15, 0.2) is 18.2 Å². The number of aliphatic hydroxyl groups excluding tert-OH is 1. The summed E-state index contributed by atoms with van der Waals surface area (Å²) < 4.78 is 10.7. The van der Waals surface area contributed by atoms with Crippen molar-refractivity contribution in [3.05, 3.63) is 29.3 Å². The molecule has 0 saturated carbocycles. The highest BCUT2D eigenvalue weighted by atomic mass is 16.6. The number of amides is 2. The van der Waals surface area contributed by atoms with E-state index in [1.807, 2.05) is 26.8 Å². The van der Waals surface area contributed by atoms with E-state index in [1.54, 1.807) is 30.9 Å². The van der Waals surface area contributed by atoms with Crippen LogP contribution in [0.4, 0.5) is 9.59 Å². The average molecular weight is 366 g/mol. The molecule has 1 atom stereocenters. The Balaban J connectivity index is 3.04. The van der Waals surface area contributed by atoms with Crippen LogP contribution < -0.4 is 10.5 Å². The molecule has 0 spiro atoms. The molecule has 7 heteroatoms. The van der Waals surface area contributed by atoms with E-state index < -0.39 is 17.8 Å². The lowest BCUT2D eigenvalue weighted by Crippen LogP contribution is -2.38. The Kier molecular flexibility index (Phi) is 7.89. The molecule has 0 aromatic heterocycles. The van der Waals surface area contributed by atoms with Gasteiger partial charge in [0.15, 0.2) is 0 Å². The van der Waals surface area contributed by atoms with Crippen LogP contribution in [-0.2, 0) is 17.8 Å². The first-order valence-electron chi connectivity index (χ1n) is 8.83. The molecule has 1 aromatic rings. The number of hydrogen-bond donors (Lipinski definition) is 2. The summed E-state index contributed by atoms with van der Waals surface area (Å²) in [5, 5.41) is 9.82. The number of nitrogens with two attached hydrogens (primary N) is 1. The van der Waals surface area contributed by atoms with Crippen LogP contribution >= 0.6 is 0 Å². The summed E-state index contributed by atoms with van der Waals surface area (Å²) in [6, 6.07) is 5.29. The highest BCUT2D eigenvalue weighted by Gasteiger charge is 2.30. The fourth-order valence-electron chi connectivity index (χ4n) is 2.65. The zero-order valence-corrected chi connectivity index (χ0v) is 16.2. The second kappa shape index (κ2) is 9.43. The predicted octanol–water partition coefficient (Wildman–Crippen LogP) is 3.07. The van der Waals surface area contributed by atoms with E-state index >= 15 is 0 Å². The SMILES string of the molecule is CCN(CC)C(=O)Oc1cccc(CC(C)C(C)(C)OC(N)=O)c1CO. The number of primary amides is 1. The number of ether oxygens (including phenoxy) is 2. The van der Waals surface area contributed by atoms with Crippen LogP contribution in [0.5, 0.6) is 5.75 Å². The molecule has 0 aliphatic carbocycles. The smallest absolute Gasteiger partial charge is 0.415 e. The van der Waals surface area contributed by atoms with Crippen molar-refractivity contribution in [1.29, 1.82) is 0 Å². The molecule has 0 heterocycles. The van der Waals surface area contributed by atoms with Gasteiger partial charge in [0.25, 0.3) is 0 Å². The first kappa shape index (κ1) is 21.8. The molecule has 26 heavy (non-hydrogen) atoms. The number of benzene rings is 1. The molecule has 0 radical (unpaired) electrons. The van der Waals surface area contributed by atoms with Crippen molar-refractivity contribution < 1.29 is 24.2 Å². The van der Waals surface area contributed by atoms with Gasteiger partial charge in [0.2, 0.25) is 0 Å². The Morgan fingerprint density at radius 1 is 1.27 bits per heavy atom. The maximum absolute atomic E-state index is 12.2. The molecule has 7 nitrogen and oxygen atoms in total. The lowest BCUT2D eigenvalue weighted by atomic mass is 9.85. The van der Waals surface area contributed by atoms with E-state index in [1.165, 1.54) is 0 Å². The van der Waals surface area contributed by atoms with Gasteiger partial charge in [-0.15, -0.1) is 0 Å². The van der Waals surface area contributed by atoms with Crippen LogP contribution in [0.1, 0.15) is 45.7 Å². The van der Waals surface area contributed by atoms with Crippen LogP contribution in [0.2, 0.25) is 0 Å². The summed E-state index contributed by atoms with van der Waals surface area (Å²) in [5.41, 5.74) is 5.74. The molecular formula is C19H30N2O5. The summed E-state index contributed by atoms with van der Waals surface area (Å²) in [4.78, 5) is 24.9. The van der Waals surface area contributed by atoms with E-state index in [9.17, 15) is 14.7 Å². The van der Waals surface area contributed by atoms with E-state index in [4.69, 9.17) is 15.2 Å². The molecule has 0 aliphatic rings. The van der Waals surface area contributed by atoms with Crippen LogP contribution in [0.3, 0.4) is 0 Å². The molecule has 1 rings (SSSR count). The second-order valence-corrected chi connectivity index (χ2v) is 6.72. The Labute approximate surface area is 155 Å². The fraction of sp³-hybridized carbons (Fsp3) is 0.579. The van der Waals surface area contributed by atoms with Crippen LogP contribution in [-0.4, -0.2) is 40.9 Å². The molecule has 1 aromatic carbocycles. The van der Waals surface area contributed by atoms with Gasteiger partial charge in [0.1, 0.15) is 11.4 Å². The van der Waals surface area contributed by atoms with Gasteiger partial charge >= 0.3 is 12.2 Å². The Bertz CT molecular complexity index is 626. The summed E-state index contributed by atoms with van der Waals surface area (Å²) in [7, 11) is 0. The summed E-state index contributed by atoms with van der Waals surface area (Å²) in [6.07, 6.45) is -0.759. The van der Waals surface area contributed by atoms with Gasteiger partial charge in [-0.3, -0.25) is 0 Å². The zero-order valence-electron chi connectivity index (χ0n) is 16.2. The number of aliphatic hydroxyl groups is 1. The largest absolute Gasteiger partial charge is 0.443 e. The quantitative estimate of drug-likeness (QED) is 0.736. The zero-order chi connectivity index (χ0) is 19.9. The van der Waals surface area contributed by atoms with Crippen LogP contribution in [0, 0.1) is 5.92 Å². The highest BCUT2D eigenvalue weighted by molar-refractivity contribution is 5.71. The highest BCUT2D eigenvalue weighted by Crippen LogP contribution is 2.30. The maximum Gasteiger partial charge on any atom is 0.415 e. The van der Waals surface area contributed by atoms with E-state index in [-0.39, 0.29) is 12.5 Å². The van der Waals surface area contributed by atoms with Gasteiger partial charge in [-0.25, -0.2) is 9.59 Å². The van der Waals surface area contributed by atoms with Gasteiger partial charge in [0, 0.05) is 18.7 Å². The first-order chi connectivity index (χ1) is 12.2. The second-order valence-electron chi connectivity index (χ2n) is 6.72. The third-order valence-corrected chi connectivity index (χ3v) is 4.68. The standard InChI is InChI=1S/C19H30N2O5/c1-6-21(7-2)18(24)25-16-10-8-9-14(15(16)12-22)11-13(3)19(4,5)26-17(20)23/h8-10,13,22H,6-7,11-12H2,1-5H3,(H2,20,23). The minimum absolute atomic E-state index is 0.0750. The van der Waals surface area contributed by atoms with Gasteiger partial charge < -0.3 is 25.2 Å². The maximum atomic E-state index is 12.2. The number of rotatable bonds is 8. The molecule has 0 aliphatic heterocycles. The average Bonchev–Trinajstić information content (AvgIpc) is 2.55. The number of nitrogens with zero attached hydrogens (tertiary/aromatic N) is 1. The topological polar surface area (TPSA) is 102 Å². The van der Waals surface area contributed by atoms with Crippen molar-refractivity contribution in [2.24, 2.45) is 11.7 Å². The molecular weight excluding hydrogens is 336 g/mol. The summed E-state index contributed by atoms with van der Waals surface area (Å²) in [6.45, 7) is 10.1.